The van der Waals surface area contributed by atoms with Crippen LogP contribution in [0.3, 0.4) is 0 Å². The molecule has 5 heteroatoms. The van der Waals surface area contributed by atoms with Crippen molar-refractivity contribution in [3.63, 3.8) is 0 Å². The van der Waals surface area contributed by atoms with E-state index in [0.717, 1.165) is 15.7 Å². The fourth-order valence-electron chi connectivity index (χ4n) is 2.53. The van der Waals surface area contributed by atoms with Gasteiger partial charge in [-0.25, -0.2) is 4.79 Å². The first-order valence-electron chi connectivity index (χ1n) is 7.77. The second kappa shape index (κ2) is 7.85. The minimum atomic E-state index is -0.474. The average molecular weight is 351 g/mol. The predicted molar refractivity (Wildman–Crippen MR) is 101 cm³/mol. The lowest BCUT2D eigenvalue weighted by molar-refractivity contribution is -0.113. The van der Waals surface area contributed by atoms with Crippen LogP contribution in [0, 0.1) is 0 Å². The number of amides is 1. The van der Waals surface area contributed by atoms with Crippen LogP contribution in [-0.2, 0) is 9.53 Å². The van der Waals surface area contributed by atoms with Gasteiger partial charge in [0.15, 0.2) is 0 Å². The van der Waals surface area contributed by atoms with E-state index in [0.29, 0.717) is 11.3 Å². The number of hydrogen-bond acceptors (Lipinski definition) is 4. The number of hydrogen-bond donors (Lipinski definition) is 1. The van der Waals surface area contributed by atoms with Gasteiger partial charge >= 0.3 is 5.97 Å². The zero-order valence-electron chi connectivity index (χ0n) is 13.7. The van der Waals surface area contributed by atoms with Gasteiger partial charge in [-0.15, -0.1) is 11.8 Å². The van der Waals surface area contributed by atoms with Gasteiger partial charge in [-0.1, -0.05) is 48.5 Å². The number of fused-ring (bicyclic) bond motifs is 1. The molecule has 25 heavy (non-hydrogen) atoms. The zero-order valence-corrected chi connectivity index (χ0v) is 14.5. The fraction of sp³-hybridized carbons (Fsp3) is 0.100. The van der Waals surface area contributed by atoms with Gasteiger partial charge in [-0.3, -0.25) is 4.79 Å². The number of rotatable bonds is 5. The lowest BCUT2D eigenvalue weighted by atomic mass is 10.1. The molecule has 4 nitrogen and oxygen atoms in total. The Kier molecular flexibility index (Phi) is 5.36. The van der Waals surface area contributed by atoms with Crippen molar-refractivity contribution in [2.24, 2.45) is 0 Å². The number of nitrogens with one attached hydrogen (secondary N) is 1. The molecule has 1 N–H and O–H groups in total. The first kappa shape index (κ1) is 17.0. The van der Waals surface area contributed by atoms with Crippen molar-refractivity contribution in [1.82, 2.24) is 0 Å². The summed E-state index contributed by atoms with van der Waals surface area (Å²) in [5, 5.41) is 5.05. The lowest BCUT2D eigenvalue weighted by Gasteiger charge is -2.10. The van der Waals surface area contributed by atoms with Crippen LogP contribution in [0.1, 0.15) is 10.4 Å². The molecule has 0 atom stereocenters. The quantitative estimate of drug-likeness (QED) is 0.548. The Morgan fingerprint density at radius 2 is 1.68 bits per heavy atom. The molecule has 0 radical (unpaired) electrons. The maximum atomic E-state index is 12.3. The number of thioether (sulfide) groups is 1. The molecule has 0 aromatic heterocycles. The van der Waals surface area contributed by atoms with Gasteiger partial charge in [-0.2, -0.15) is 0 Å². The first-order valence-corrected chi connectivity index (χ1v) is 8.75. The second-order valence-electron chi connectivity index (χ2n) is 5.35. The van der Waals surface area contributed by atoms with Gasteiger partial charge < -0.3 is 10.1 Å². The summed E-state index contributed by atoms with van der Waals surface area (Å²) < 4.78 is 4.74. The molecule has 0 aliphatic rings. The second-order valence-corrected chi connectivity index (χ2v) is 6.37. The lowest BCUT2D eigenvalue weighted by Crippen LogP contribution is -2.17. The molecule has 126 valence electrons. The molecule has 0 heterocycles. The monoisotopic (exact) mass is 351 g/mol. The predicted octanol–water partition coefficient (Wildman–Crippen LogP) is 4.36. The third-order valence-corrected chi connectivity index (χ3v) is 4.79. The van der Waals surface area contributed by atoms with Crippen LogP contribution in [0.2, 0.25) is 0 Å². The van der Waals surface area contributed by atoms with Crippen LogP contribution in [-0.4, -0.2) is 24.7 Å². The molecule has 0 aliphatic carbocycles. The largest absolute Gasteiger partial charge is 0.465 e. The minimum absolute atomic E-state index is 0.172. The van der Waals surface area contributed by atoms with Crippen molar-refractivity contribution >= 4 is 40.1 Å². The van der Waals surface area contributed by atoms with Crippen molar-refractivity contribution < 1.29 is 14.3 Å². The molecule has 0 saturated carbocycles. The van der Waals surface area contributed by atoms with E-state index in [2.05, 4.69) is 5.32 Å². The summed E-state index contributed by atoms with van der Waals surface area (Å²) in [7, 11) is 1.32. The molecule has 1 amide bonds. The fourth-order valence-corrected chi connectivity index (χ4v) is 3.41. The Hall–Kier alpha value is -2.79. The van der Waals surface area contributed by atoms with Crippen LogP contribution >= 0.6 is 11.8 Å². The van der Waals surface area contributed by atoms with Crippen LogP contribution in [0.25, 0.3) is 10.8 Å². The number of methoxy groups -OCH3 is 1. The third-order valence-electron chi connectivity index (χ3n) is 3.71. The molecule has 0 spiro atoms. The van der Waals surface area contributed by atoms with E-state index in [9.17, 15) is 9.59 Å². The SMILES string of the molecule is COC(=O)c1ccccc1NC(=O)CSc1cccc2ccccc12. The van der Waals surface area contributed by atoms with Gasteiger partial charge in [0.1, 0.15) is 0 Å². The Morgan fingerprint density at radius 1 is 0.960 bits per heavy atom. The number of ether oxygens (including phenoxy) is 1. The molecule has 0 bridgehead atoms. The first-order chi connectivity index (χ1) is 12.2. The Bertz CT molecular complexity index is 918. The van der Waals surface area contributed by atoms with Gasteiger partial charge in [0.05, 0.1) is 24.1 Å². The molecule has 3 aromatic carbocycles. The standard InChI is InChI=1S/C20H17NO3S/c1-24-20(23)16-10-4-5-11-17(16)21-19(22)13-25-18-12-6-8-14-7-2-3-9-15(14)18/h2-12H,13H2,1H3,(H,21,22). The highest BCUT2D eigenvalue weighted by molar-refractivity contribution is 8.00. The molecule has 3 rings (SSSR count). The Balaban J connectivity index is 1.71. The number of anilines is 1. The van der Waals surface area contributed by atoms with E-state index in [-0.39, 0.29) is 11.7 Å². The third kappa shape index (κ3) is 4.00. The van der Waals surface area contributed by atoms with Crippen molar-refractivity contribution in [3.05, 3.63) is 72.3 Å². The van der Waals surface area contributed by atoms with Crippen molar-refractivity contribution in [3.8, 4) is 0 Å². The summed E-state index contributed by atoms with van der Waals surface area (Å²) in [5.74, 6) is -0.393. The minimum Gasteiger partial charge on any atom is -0.465 e. The summed E-state index contributed by atoms with van der Waals surface area (Å²) in [5.41, 5.74) is 0.798. The molecule has 0 aliphatic heterocycles. The normalized spacial score (nSPS) is 10.4. The summed E-state index contributed by atoms with van der Waals surface area (Å²) in [4.78, 5) is 25.1. The molecular weight excluding hydrogens is 334 g/mol. The molecule has 0 unspecified atom stereocenters. The van der Waals surface area contributed by atoms with Gasteiger partial charge in [-0.05, 0) is 29.0 Å². The van der Waals surface area contributed by atoms with Crippen molar-refractivity contribution in [1.29, 1.82) is 0 Å². The van der Waals surface area contributed by atoms with Gasteiger partial charge in [0, 0.05) is 4.90 Å². The number of benzene rings is 3. The van der Waals surface area contributed by atoms with Crippen molar-refractivity contribution in [2.75, 3.05) is 18.2 Å². The topological polar surface area (TPSA) is 55.4 Å². The van der Waals surface area contributed by atoms with E-state index in [1.54, 1.807) is 24.3 Å². The maximum Gasteiger partial charge on any atom is 0.339 e. The number of esters is 1. The van der Waals surface area contributed by atoms with Crippen LogP contribution < -0.4 is 5.32 Å². The Labute approximate surface area is 150 Å². The summed E-state index contributed by atoms with van der Waals surface area (Å²) in [6.45, 7) is 0. The van der Waals surface area contributed by atoms with E-state index >= 15 is 0 Å². The maximum absolute atomic E-state index is 12.3. The molecule has 3 aromatic rings. The molecule has 0 fully saturated rings. The van der Waals surface area contributed by atoms with E-state index in [4.69, 9.17) is 4.74 Å². The smallest absolute Gasteiger partial charge is 0.339 e. The Morgan fingerprint density at radius 3 is 2.52 bits per heavy atom. The summed E-state index contributed by atoms with van der Waals surface area (Å²) in [6, 6.07) is 20.9. The van der Waals surface area contributed by atoms with Crippen LogP contribution in [0.4, 0.5) is 5.69 Å². The van der Waals surface area contributed by atoms with Crippen molar-refractivity contribution in [2.45, 2.75) is 4.90 Å². The van der Waals surface area contributed by atoms with Gasteiger partial charge in [0.2, 0.25) is 5.91 Å². The van der Waals surface area contributed by atoms with E-state index < -0.39 is 5.97 Å². The van der Waals surface area contributed by atoms with E-state index in [1.807, 2.05) is 42.5 Å². The van der Waals surface area contributed by atoms with Crippen LogP contribution in [0.15, 0.2) is 71.6 Å². The number of para-hydroxylation sites is 1. The average Bonchev–Trinajstić information content (AvgIpc) is 2.66. The summed E-state index contributed by atoms with van der Waals surface area (Å²) >= 11 is 1.47. The number of carbonyl (C=O) groups is 2. The highest BCUT2D eigenvalue weighted by atomic mass is 32.2. The number of carbonyl (C=O) groups excluding carboxylic acids is 2. The highest BCUT2D eigenvalue weighted by Gasteiger charge is 2.13. The summed E-state index contributed by atoms with van der Waals surface area (Å²) in [6.07, 6.45) is 0. The van der Waals surface area contributed by atoms with Gasteiger partial charge in [0.25, 0.3) is 0 Å². The zero-order chi connectivity index (χ0) is 17.6. The molecular formula is C20H17NO3S. The van der Waals surface area contributed by atoms with Crippen LogP contribution in [0.5, 0.6) is 0 Å². The van der Waals surface area contributed by atoms with E-state index in [1.165, 1.54) is 18.9 Å². The highest BCUT2D eigenvalue weighted by Crippen LogP contribution is 2.28. The molecule has 0 saturated heterocycles.